The summed E-state index contributed by atoms with van der Waals surface area (Å²) in [5, 5.41) is 3.04. The van der Waals surface area contributed by atoms with Gasteiger partial charge in [0.25, 0.3) is 5.43 Å². The van der Waals surface area contributed by atoms with Gasteiger partial charge in [-0.25, -0.2) is 0 Å². The molecule has 0 amide bonds. The topological polar surface area (TPSA) is 64.6 Å². The fourth-order valence-corrected chi connectivity index (χ4v) is 2.87. The van der Waals surface area contributed by atoms with Crippen LogP contribution in [0.5, 0.6) is 11.5 Å². The number of ether oxygens (including phenoxy) is 2. The maximum atomic E-state index is 12.2. The first-order chi connectivity index (χ1) is 12.5. The van der Waals surface area contributed by atoms with Crippen LogP contribution in [0.25, 0.3) is 11.1 Å². The molecule has 0 bridgehead atoms. The van der Waals surface area contributed by atoms with Crippen molar-refractivity contribution >= 4 is 11.4 Å². The summed E-state index contributed by atoms with van der Waals surface area (Å²) in [6, 6.07) is 12.9. The molecule has 26 heavy (non-hydrogen) atoms. The molecule has 3 rings (SSSR count). The molecule has 1 N–H and O–H groups in total. The highest BCUT2D eigenvalue weighted by Gasteiger charge is 2.23. The predicted octanol–water partition coefficient (Wildman–Crippen LogP) is 3.83. The molecule has 3 aromatic rings. The molecule has 134 valence electrons. The Hall–Kier alpha value is -3.08. The fraction of sp³-hybridized carbons (Fsp3) is 0.238. The van der Waals surface area contributed by atoms with E-state index in [0.717, 1.165) is 5.56 Å². The van der Waals surface area contributed by atoms with Crippen molar-refractivity contribution < 1.29 is 9.47 Å². The molecule has 0 unspecified atom stereocenters. The summed E-state index contributed by atoms with van der Waals surface area (Å²) in [5.41, 5.74) is 2.14. The molecule has 0 heterocycles. The average Bonchev–Trinajstić information content (AvgIpc) is 2.67. The van der Waals surface area contributed by atoms with Crippen molar-refractivity contribution in [3.63, 3.8) is 0 Å². The summed E-state index contributed by atoms with van der Waals surface area (Å²) in [6.45, 7) is 4.21. The van der Waals surface area contributed by atoms with Crippen LogP contribution in [-0.2, 0) is 0 Å². The number of hydrogen-bond donors (Lipinski definition) is 1. The Morgan fingerprint density at radius 1 is 0.885 bits per heavy atom. The maximum Gasteiger partial charge on any atom is 0.250 e. The maximum absolute atomic E-state index is 12.2. The summed E-state index contributed by atoms with van der Waals surface area (Å²) in [6.07, 6.45) is 0. The number of anilines is 2. The van der Waals surface area contributed by atoms with Gasteiger partial charge in [-0.3, -0.25) is 9.59 Å². The largest absolute Gasteiger partial charge is 0.497 e. The van der Waals surface area contributed by atoms with Crippen molar-refractivity contribution in [3.05, 3.63) is 68.5 Å². The van der Waals surface area contributed by atoms with Crippen molar-refractivity contribution in [2.24, 2.45) is 0 Å². The lowest BCUT2D eigenvalue weighted by Gasteiger charge is -2.17. The highest BCUT2D eigenvalue weighted by molar-refractivity contribution is 5.86. The van der Waals surface area contributed by atoms with Gasteiger partial charge in [0.15, 0.2) is 0 Å². The third-order valence-corrected chi connectivity index (χ3v) is 4.44. The van der Waals surface area contributed by atoms with Crippen LogP contribution in [0.15, 0.2) is 52.1 Å². The Bertz CT molecular complexity index is 996. The average molecular weight is 351 g/mol. The van der Waals surface area contributed by atoms with Gasteiger partial charge in [-0.15, -0.1) is 0 Å². The highest BCUT2D eigenvalue weighted by Crippen LogP contribution is 2.34. The second kappa shape index (κ2) is 7.04. The molecule has 3 aromatic carbocycles. The second-order valence-corrected chi connectivity index (χ2v) is 6.38. The van der Waals surface area contributed by atoms with Crippen molar-refractivity contribution in [1.82, 2.24) is 0 Å². The van der Waals surface area contributed by atoms with Crippen LogP contribution in [0.3, 0.4) is 0 Å². The first kappa shape index (κ1) is 17.7. The minimum absolute atomic E-state index is 0.277. The van der Waals surface area contributed by atoms with Crippen LogP contribution < -0.4 is 25.6 Å². The molecule has 5 heteroatoms. The van der Waals surface area contributed by atoms with E-state index in [1.54, 1.807) is 32.4 Å². The smallest absolute Gasteiger partial charge is 0.250 e. The minimum Gasteiger partial charge on any atom is -0.497 e. The number of methoxy groups -OCH3 is 2. The molecule has 0 radical (unpaired) electrons. The molecular weight excluding hydrogens is 330 g/mol. The highest BCUT2D eigenvalue weighted by atomic mass is 16.5. The lowest BCUT2D eigenvalue weighted by Crippen LogP contribution is -2.35. The van der Waals surface area contributed by atoms with Gasteiger partial charge in [0, 0.05) is 6.07 Å². The van der Waals surface area contributed by atoms with Gasteiger partial charge in [-0.2, -0.15) is 0 Å². The SMILES string of the molecule is COc1ccc(OC)c(Nc2c(-c3ccc(C(C)C)cc3)c(=O)c2=O)c1. The number of hydrogen-bond acceptors (Lipinski definition) is 5. The van der Waals surface area contributed by atoms with Gasteiger partial charge >= 0.3 is 0 Å². The molecular formula is C21H21NO4. The van der Waals surface area contributed by atoms with E-state index >= 15 is 0 Å². The van der Waals surface area contributed by atoms with Gasteiger partial charge in [0.1, 0.15) is 17.2 Å². The quantitative estimate of drug-likeness (QED) is 0.684. The number of nitrogens with one attached hydrogen (secondary N) is 1. The van der Waals surface area contributed by atoms with E-state index in [1.165, 1.54) is 5.56 Å². The molecule has 0 aliphatic rings. The monoisotopic (exact) mass is 351 g/mol. The van der Waals surface area contributed by atoms with Crippen molar-refractivity contribution in [2.75, 3.05) is 19.5 Å². The van der Waals surface area contributed by atoms with Gasteiger partial charge in [0.2, 0.25) is 5.43 Å². The van der Waals surface area contributed by atoms with E-state index < -0.39 is 10.9 Å². The molecule has 0 saturated carbocycles. The molecule has 5 nitrogen and oxygen atoms in total. The summed E-state index contributed by atoms with van der Waals surface area (Å²) < 4.78 is 10.5. The van der Waals surface area contributed by atoms with E-state index in [2.05, 4.69) is 19.2 Å². The Morgan fingerprint density at radius 3 is 2.15 bits per heavy atom. The van der Waals surface area contributed by atoms with Crippen LogP contribution in [0.1, 0.15) is 25.3 Å². The van der Waals surface area contributed by atoms with E-state index in [-0.39, 0.29) is 5.69 Å². The van der Waals surface area contributed by atoms with Gasteiger partial charge in [-0.1, -0.05) is 38.1 Å². The molecule has 0 aliphatic heterocycles. The lowest BCUT2D eigenvalue weighted by atomic mass is 9.95. The van der Waals surface area contributed by atoms with Gasteiger partial charge in [0.05, 0.1) is 25.5 Å². The summed E-state index contributed by atoms with van der Waals surface area (Å²) in [4.78, 5) is 24.3. The predicted molar refractivity (Wildman–Crippen MR) is 104 cm³/mol. The third-order valence-electron chi connectivity index (χ3n) is 4.44. The van der Waals surface area contributed by atoms with E-state index in [0.29, 0.717) is 28.7 Å². The van der Waals surface area contributed by atoms with Crippen LogP contribution in [0.2, 0.25) is 0 Å². The first-order valence-corrected chi connectivity index (χ1v) is 8.39. The second-order valence-electron chi connectivity index (χ2n) is 6.38. The van der Waals surface area contributed by atoms with Crippen molar-refractivity contribution in [1.29, 1.82) is 0 Å². The standard InChI is InChI=1S/C21H21NO4/c1-12(2)13-5-7-14(8-6-13)18-19(21(24)20(18)23)22-16-11-15(25-3)9-10-17(16)26-4/h5-12,22H,1-4H3. The lowest BCUT2D eigenvalue weighted by molar-refractivity contribution is 0.405. The number of benzene rings is 2. The Balaban J connectivity index is 2.00. The Kier molecular flexibility index (Phi) is 4.80. The molecule has 0 atom stereocenters. The third kappa shape index (κ3) is 3.08. The summed E-state index contributed by atoms with van der Waals surface area (Å²) in [5.74, 6) is 1.57. The van der Waals surface area contributed by atoms with E-state index in [9.17, 15) is 9.59 Å². The molecule has 0 aromatic heterocycles. The zero-order valence-electron chi connectivity index (χ0n) is 15.3. The molecule has 0 spiro atoms. The van der Waals surface area contributed by atoms with E-state index in [4.69, 9.17) is 9.47 Å². The number of rotatable bonds is 6. The van der Waals surface area contributed by atoms with Gasteiger partial charge < -0.3 is 14.8 Å². The normalized spacial score (nSPS) is 11.0. The molecule has 0 saturated heterocycles. The Morgan fingerprint density at radius 2 is 1.58 bits per heavy atom. The Labute approximate surface area is 151 Å². The van der Waals surface area contributed by atoms with Crippen LogP contribution >= 0.6 is 0 Å². The zero-order chi connectivity index (χ0) is 18.8. The molecule has 0 aliphatic carbocycles. The summed E-state index contributed by atoms with van der Waals surface area (Å²) in [7, 11) is 3.10. The van der Waals surface area contributed by atoms with Crippen LogP contribution in [0.4, 0.5) is 11.4 Å². The fourth-order valence-electron chi connectivity index (χ4n) is 2.87. The van der Waals surface area contributed by atoms with E-state index in [1.807, 2.05) is 24.3 Å². The minimum atomic E-state index is -0.530. The van der Waals surface area contributed by atoms with Gasteiger partial charge in [-0.05, 0) is 29.2 Å². The summed E-state index contributed by atoms with van der Waals surface area (Å²) >= 11 is 0. The van der Waals surface area contributed by atoms with Crippen LogP contribution in [0, 0.1) is 0 Å². The zero-order valence-corrected chi connectivity index (χ0v) is 15.3. The van der Waals surface area contributed by atoms with Crippen molar-refractivity contribution in [2.45, 2.75) is 19.8 Å². The first-order valence-electron chi connectivity index (χ1n) is 8.39. The van der Waals surface area contributed by atoms with Crippen molar-refractivity contribution in [3.8, 4) is 22.6 Å². The molecule has 0 fully saturated rings. The van der Waals surface area contributed by atoms with Crippen LogP contribution in [-0.4, -0.2) is 14.2 Å².